The number of hydrogen-bond donors (Lipinski definition) is 1. The zero-order valence-corrected chi connectivity index (χ0v) is 6.68. The van der Waals surface area contributed by atoms with Crippen LogP contribution in [0.1, 0.15) is 20.8 Å². The predicted molar refractivity (Wildman–Crippen MR) is 42.7 cm³/mol. The first-order valence-electron chi connectivity index (χ1n) is 3.38. The third-order valence-corrected chi connectivity index (χ3v) is 1.53. The van der Waals surface area contributed by atoms with Gasteiger partial charge in [-0.05, 0) is 20.8 Å². The molecule has 0 aromatic rings. The zero-order valence-electron chi connectivity index (χ0n) is 6.68. The normalized spacial score (nSPS) is 18.7. The Morgan fingerprint density at radius 1 is 1.60 bits per heavy atom. The minimum absolute atomic E-state index is 0.103. The molecule has 1 heterocycles. The molecule has 3 heteroatoms. The van der Waals surface area contributed by atoms with E-state index in [1.54, 1.807) is 6.34 Å². The van der Waals surface area contributed by atoms with Crippen LogP contribution in [-0.2, 0) is 0 Å². The molecule has 0 amide bonds. The maximum atomic E-state index is 7.22. The first-order chi connectivity index (χ1) is 4.50. The number of nitrogens with one attached hydrogen (secondary N) is 1. The molecule has 0 atom stereocenters. The van der Waals surface area contributed by atoms with Crippen molar-refractivity contribution in [2.45, 2.75) is 26.3 Å². The van der Waals surface area contributed by atoms with E-state index in [1.807, 2.05) is 0 Å². The molecule has 0 saturated heterocycles. The van der Waals surface area contributed by atoms with Crippen LogP contribution in [0, 0.1) is 5.41 Å². The number of aliphatic imine (C=N–C) groups is 1. The fraction of sp³-hybridized carbons (Fsp3) is 0.714. The van der Waals surface area contributed by atoms with E-state index < -0.39 is 0 Å². The van der Waals surface area contributed by atoms with Gasteiger partial charge in [-0.25, -0.2) is 4.99 Å². The Hall–Kier alpha value is -0.860. The van der Waals surface area contributed by atoms with E-state index in [1.165, 1.54) is 0 Å². The molecule has 1 N–H and O–H groups in total. The van der Waals surface area contributed by atoms with Crippen LogP contribution in [0.25, 0.3) is 0 Å². The fourth-order valence-electron chi connectivity index (χ4n) is 0.793. The second kappa shape index (κ2) is 2.08. The number of nitrogens with zero attached hydrogens (tertiary/aromatic N) is 2. The molecule has 0 aromatic heterocycles. The van der Waals surface area contributed by atoms with E-state index in [9.17, 15) is 0 Å². The van der Waals surface area contributed by atoms with Crippen LogP contribution in [0.2, 0.25) is 0 Å². The molecule has 0 unspecified atom stereocenters. The highest BCUT2D eigenvalue weighted by atomic mass is 15.3. The average Bonchev–Trinajstić information content (AvgIpc) is 2.11. The first-order valence-corrected chi connectivity index (χ1v) is 3.38. The van der Waals surface area contributed by atoms with Crippen molar-refractivity contribution in [3.63, 3.8) is 0 Å². The van der Waals surface area contributed by atoms with Crippen LogP contribution in [0.3, 0.4) is 0 Å². The fourth-order valence-corrected chi connectivity index (χ4v) is 0.793. The standard InChI is InChI=1S/C7H13N3/c1-7(2,3)10-4-6(8)9-5-10/h5,8H,4H2,1-3H3. The van der Waals surface area contributed by atoms with Gasteiger partial charge in [0.25, 0.3) is 0 Å². The van der Waals surface area contributed by atoms with Gasteiger partial charge >= 0.3 is 0 Å². The van der Waals surface area contributed by atoms with E-state index in [2.05, 4.69) is 30.7 Å². The van der Waals surface area contributed by atoms with E-state index >= 15 is 0 Å². The summed E-state index contributed by atoms with van der Waals surface area (Å²) in [4.78, 5) is 5.92. The summed E-state index contributed by atoms with van der Waals surface area (Å²) >= 11 is 0. The zero-order chi connectivity index (χ0) is 7.78. The van der Waals surface area contributed by atoms with Crippen molar-refractivity contribution < 1.29 is 0 Å². The van der Waals surface area contributed by atoms with E-state index in [0.717, 1.165) is 0 Å². The molecule has 3 nitrogen and oxygen atoms in total. The third-order valence-electron chi connectivity index (χ3n) is 1.53. The van der Waals surface area contributed by atoms with Gasteiger partial charge < -0.3 is 4.90 Å². The Labute approximate surface area is 61.3 Å². The van der Waals surface area contributed by atoms with E-state index in [4.69, 9.17) is 5.41 Å². The average molecular weight is 139 g/mol. The topological polar surface area (TPSA) is 39.5 Å². The van der Waals surface area contributed by atoms with Gasteiger partial charge in [-0.1, -0.05) is 0 Å². The smallest absolute Gasteiger partial charge is 0.141 e. The Morgan fingerprint density at radius 3 is 2.40 bits per heavy atom. The maximum absolute atomic E-state index is 7.22. The SMILES string of the molecule is CC(C)(C)N1C=NC(=N)C1. The summed E-state index contributed by atoms with van der Waals surface area (Å²) in [5.74, 6) is 0.454. The van der Waals surface area contributed by atoms with Crippen LogP contribution >= 0.6 is 0 Å². The Kier molecular flexibility index (Phi) is 1.50. The molecule has 1 rings (SSSR count). The van der Waals surface area contributed by atoms with Gasteiger partial charge in [0, 0.05) is 5.54 Å². The van der Waals surface area contributed by atoms with Crippen molar-refractivity contribution in [3.05, 3.63) is 0 Å². The Morgan fingerprint density at radius 2 is 2.20 bits per heavy atom. The van der Waals surface area contributed by atoms with Crippen LogP contribution in [0.5, 0.6) is 0 Å². The highest BCUT2D eigenvalue weighted by Gasteiger charge is 2.22. The van der Waals surface area contributed by atoms with Gasteiger partial charge in [0.15, 0.2) is 0 Å². The van der Waals surface area contributed by atoms with E-state index in [-0.39, 0.29) is 5.54 Å². The Balaban J connectivity index is 2.63. The lowest BCUT2D eigenvalue weighted by atomic mass is 10.1. The predicted octanol–water partition coefficient (Wildman–Crippen LogP) is 1.11. The van der Waals surface area contributed by atoms with Crippen molar-refractivity contribution in [1.29, 1.82) is 5.41 Å². The maximum Gasteiger partial charge on any atom is 0.141 e. The minimum atomic E-state index is 0.103. The first kappa shape index (κ1) is 7.25. The number of hydrogen-bond acceptors (Lipinski definition) is 2. The summed E-state index contributed by atoms with van der Waals surface area (Å²) in [6.07, 6.45) is 1.74. The van der Waals surface area contributed by atoms with Crippen LogP contribution in [0.15, 0.2) is 4.99 Å². The molecule has 0 spiro atoms. The molecular formula is C7H13N3. The molecule has 0 fully saturated rings. The van der Waals surface area contributed by atoms with Crippen LogP contribution in [-0.4, -0.2) is 29.2 Å². The molecular weight excluding hydrogens is 126 g/mol. The van der Waals surface area contributed by atoms with Gasteiger partial charge in [0.05, 0.1) is 12.9 Å². The van der Waals surface area contributed by atoms with Crippen molar-refractivity contribution in [1.82, 2.24) is 4.90 Å². The van der Waals surface area contributed by atoms with Crippen LogP contribution < -0.4 is 0 Å². The summed E-state index contributed by atoms with van der Waals surface area (Å²) in [5.41, 5.74) is 0.103. The monoisotopic (exact) mass is 139 g/mol. The summed E-state index contributed by atoms with van der Waals surface area (Å²) < 4.78 is 0. The largest absolute Gasteiger partial charge is 0.350 e. The van der Waals surface area contributed by atoms with Gasteiger partial charge in [0.2, 0.25) is 0 Å². The summed E-state index contributed by atoms with van der Waals surface area (Å²) in [6, 6.07) is 0. The molecule has 0 saturated carbocycles. The molecule has 1 aliphatic heterocycles. The molecule has 0 aliphatic carbocycles. The molecule has 10 heavy (non-hydrogen) atoms. The molecule has 56 valence electrons. The van der Waals surface area contributed by atoms with Gasteiger partial charge in [0.1, 0.15) is 5.84 Å². The van der Waals surface area contributed by atoms with Crippen molar-refractivity contribution in [3.8, 4) is 0 Å². The summed E-state index contributed by atoms with van der Waals surface area (Å²) in [5, 5.41) is 7.22. The van der Waals surface area contributed by atoms with Crippen LogP contribution in [0.4, 0.5) is 0 Å². The second-order valence-electron chi connectivity index (χ2n) is 3.49. The van der Waals surface area contributed by atoms with Gasteiger partial charge in [-0.15, -0.1) is 0 Å². The summed E-state index contributed by atoms with van der Waals surface area (Å²) in [7, 11) is 0. The number of amidine groups is 1. The van der Waals surface area contributed by atoms with Gasteiger partial charge in [-0.3, -0.25) is 5.41 Å². The lowest BCUT2D eigenvalue weighted by Gasteiger charge is -2.29. The minimum Gasteiger partial charge on any atom is -0.350 e. The van der Waals surface area contributed by atoms with E-state index in [0.29, 0.717) is 12.4 Å². The molecule has 1 aliphatic rings. The molecule has 0 bridgehead atoms. The highest BCUT2D eigenvalue weighted by Crippen LogP contribution is 2.13. The lowest BCUT2D eigenvalue weighted by molar-refractivity contribution is 0.279. The quantitative estimate of drug-likeness (QED) is 0.536. The lowest BCUT2D eigenvalue weighted by Crippen LogP contribution is -2.39. The van der Waals surface area contributed by atoms with Gasteiger partial charge in [-0.2, -0.15) is 0 Å². The van der Waals surface area contributed by atoms with Crippen molar-refractivity contribution in [2.75, 3.05) is 6.54 Å². The number of rotatable bonds is 0. The van der Waals surface area contributed by atoms with Crippen molar-refractivity contribution in [2.24, 2.45) is 4.99 Å². The third kappa shape index (κ3) is 1.35. The van der Waals surface area contributed by atoms with Crippen molar-refractivity contribution >= 4 is 12.2 Å². The second-order valence-corrected chi connectivity index (χ2v) is 3.49. The molecule has 0 aromatic carbocycles. The summed E-state index contributed by atoms with van der Waals surface area (Å²) in [6.45, 7) is 6.98. The highest BCUT2D eigenvalue weighted by molar-refractivity contribution is 5.94. The molecule has 0 radical (unpaired) electrons. The Bertz CT molecular complexity index is 176.